The summed E-state index contributed by atoms with van der Waals surface area (Å²) >= 11 is 7.51. The van der Waals surface area contributed by atoms with Crippen molar-refractivity contribution in [3.63, 3.8) is 0 Å². The molecule has 0 N–H and O–H groups in total. The van der Waals surface area contributed by atoms with Gasteiger partial charge in [0.15, 0.2) is 5.16 Å². The van der Waals surface area contributed by atoms with Gasteiger partial charge >= 0.3 is 0 Å². The molecule has 164 valence electrons. The molecule has 7 heteroatoms. The molecule has 0 aliphatic heterocycles. The molecule has 5 rings (SSSR count). The van der Waals surface area contributed by atoms with Crippen LogP contribution in [0.2, 0.25) is 5.02 Å². The van der Waals surface area contributed by atoms with Crippen molar-refractivity contribution in [2.24, 2.45) is 0 Å². The third kappa shape index (κ3) is 4.58. The summed E-state index contributed by atoms with van der Waals surface area (Å²) in [6.07, 6.45) is 0. The number of thioether (sulfide) groups is 1. The zero-order valence-corrected chi connectivity index (χ0v) is 19.4. The Labute approximate surface area is 200 Å². The fourth-order valence-corrected chi connectivity index (χ4v) is 4.69. The van der Waals surface area contributed by atoms with Crippen molar-refractivity contribution >= 4 is 34.3 Å². The maximum atomic E-state index is 13.3. The first-order chi connectivity index (χ1) is 16.1. The van der Waals surface area contributed by atoms with Gasteiger partial charge in [0.1, 0.15) is 5.76 Å². The van der Waals surface area contributed by atoms with E-state index in [-0.39, 0.29) is 5.56 Å². The molecule has 0 fully saturated rings. The Morgan fingerprint density at radius 2 is 1.67 bits per heavy atom. The SMILES string of the molecule is Cc1oc(-c2ccccc2)nc1CSc1nc2ccccc2c(=O)n1Cc1ccc(Cl)cc1. The third-order valence-corrected chi connectivity index (χ3v) is 6.57. The molecule has 0 amide bonds. The summed E-state index contributed by atoms with van der Waals surface area (Å²) in [5.41, 5.74) is 3.35. The van der Waals surface area contributed by atoms with Crippen LogP contribution in [0.5, 0.6) is 0 Å². The van der Waals surface area contributed by atoms with E-state index in [0.717, 1.165) is 22.6 Å². The number of rotatable bonds is 6. The van der Waals surface area contributed by atoms with Crippen LogP contribution in [0.1, 0.15) is 17.0 Å². The van der Waals surface area contributed by atoms with Crippen LogP contribution in [-0.2, 0) is 12.3 Å². The molecule has 5 nitrogen and oxygen atoms in total. The minimum atomic E-state index is -0.0695. The average molecular weight is 474 g/mol. The van der Waals surface area contributed by atoms with E-state index in [1.54, 1.807) is 4.57 Å². The van der Waals surface area contributed by atoms with E-state index in [0.29, 0.717) is 39.3 Å². The summed E-state index contributed by atoms with van der Waals surface area (Å²) in [7, 11) is 0. The monoisotopic (exact) mass is 473 g/mol. The number of para-hydroxylation sites is 1. The van der Waals surface area contributed by atoms with Crippen molar-refractivity contribution in [2.75, 3.05) is 0 Å². The lowest BCUT2D eigenvalue weighted by Gasteiger charge is -2.13. The van der Waals surface area contributed by atoms with Gasteiger partial charge in [-0.15, -0.1) is 0 Å². The molecule has 3 aromatic carbocycles. The van der Waals surface area contributed by atoms with Gasteiger partial charge in [0.05, 0.1) is 23.1 Å². The van der Waals surface area contributed by atoms with Gasteiger partial charge in [0.25, 0.3) is 5.56 Å². The van der Waals surface area contributed by atoms with Crippen LogP contribution in [0.3, 0.4) is 0 Å². The maximum absolute atomic E-state index is 13.3. The van der Waals surface area contributed by atoms with Gasteiger partial charge in [-0.3, -0.25) is 9.36 Å². The van der Waals surface area contributed by atoms with Crippen molar-refractivity contribution in [1.29, 1.82) is 0 Å². The second-order valence-electron chi connectivity index (χ2n) is 7.61. The van der Waals surface area contributed by atoms with Gasteiger partial charge in [-0.25, -0.2) is 9.97 Å². The number of nitrogens with zero attached hydrogens (tertiary/aromatic N) is 3. The molecular formula is C26H20ClN3O2S. The molecule has 0 aliphatic rings. The topological polar surface area (TPSA) is 60.9 Å². The predicted molar refractivity (Wildman–Crippen MR) is 133 cm³/mol. The maximum Gasteiger partial charge on any atom is 0.262 e. The summed E-state index contributed by atoms with van der Waals surface area (Å²) in [5.74, 6) is 1.88. The lowest BCUT2D eigenvalue weighted by molar-refractivity contribution is 0.540. The molecule has 0 spiro atoms. The minimum Gasteiger partial charge on any atom is -0.441 e. The highest BCUT2D eigenvalue weighted by atomic mass is 35.5. The number of hydrogen-bond donors (Lipinski definition) is 0. The minimum absolute atomic E-state index is 0.0695. The van der Waals surface area contributed by atoms with Gasteiger partial charge in [0, 0.05) is 16.3 Å². The van der Waals surface area contributed by atoms with Gasteiger partial charge in [-0.05, 0) is 48.9 Å². The van der Waals surface area contributed by atoms with Crippen LogP contribution >= 0.6 is 23.4 Å². The second kappa shape index (κ2) is 9.25. The lowest BCUT2D eigenvalue weighted by Crippen LogP contribution is -2.24. The first kappa shape index (κ1) is 21.5. The Morgan fingerprint density at radius 1 is 0.939 bits per heavy atom. The normalized spacial score (nSPS) is 11.2. The molecule has 2 heterocycles. The fourth-order valence-electron chi connectivity index (χ4n) is 3.57. The molecule has 5 aromatic rings. The number of fused-ring (bicyclic) bond motifs is 1. The van der Waals surface area contributed by atoms with Crippen molar-refractivity contribution in [1.82, 2.24) is 14.5 Å². The van der Waals surface area contributed by atoms with Crippen molar-refractivity contribution < 1.29 is 4.42 Å². The largest absolute Gasteiger partial charge is 0.441 e. The Bertz CT molecular complexity index is 1480. The van der Waals surface area contributed by atoms with E-state index >= 15 is 0 Å². The Hall–Kier alpha value is -3.35. The predicted octanol–water partition coefficient (Wildman–Crippen LogP) is 6.35. The molecule has 0 saturated carbocycles. The Kier molecular flexibility index (Phi) is 6.03. The number of benzene rings is 3. The van der Waals surface area contributed by atoms with Gasteiger partial charge in [0.2, 0.25) is 5.89 Å². The molecule has 0 unspecified atom stereocenters. The number of aryl methyl sites for hydroxylation is 1. The van der Waals surface area contributed by atoms with Crippen LogP contribution in [-0.4, -0.2) is 14.5 Å². The third-order valence-electron chi connectivity index (χ3n) is 5.33. The molecule has 0 atom stereocenters. The number of halogens is 1. The highest BCUT2D eigenvalue weighted by Gasteiger charge is 2.16. The average Bonchev–Trinajstić information content (AvgIpc) is 3.22. The highest BCUT2D eigenvalue weighted by molar-refractivity contribution is 7.98. The van der Waals surface area contributed by atoms with Crippen LogP contribution in [0.15, 0.2) is 93.2 Å². The van der Waals surface area contributed by atoms with Gasteiger partial charge in [-0.1, -0.05) is 65.8 Å². The summed E-state index contributed by atoms with van der Waals surface area (Å²) in [5, 5.41) is 1.89. The summed E-state index contributed by atoms with van der Waals surface area (Å²) in [6, 6.07) is 24.7. The van der Waals surface area contributed by atoms with Crippen LogP contribution in [0.25, 0.3) is 22.4 Å². The first-order valence-electron chi connectivity index (χ1n) is 10.5. The van der Waals surface area contributed by atoms with E-state index in [9.17, 15) is 4.79 Å². The van der Waals surface area contributed by atoms with Crippen molar-refractivity contribution in [3.05, 3.63) is 111 Å². The Balaban J connectivity index is 1.49. The summed E-state index contributed by atoms with van der Waals surface area (Å²) in [4.78, 5) is 22.8. The molecule has 0 radical (unpaired) electrons. The van der Waals surface area contributed by atoms with Crippen LogP contribution in [0.4, 0.5) is 0 Å². The molecule has 0 saturated heterocycles. The standard InChI is InChI=1S/C26H20ClN3O2S/c1-17-23(28-24(32-17)19-7-3-2-4-8-19)16-33-26-29-22-10-6-5-9-21(22)25(31)30(26)15-18-11-13-20(27)14-12-18/h2-14H,15-16H2,1H3. The van der Waals surface area contributed by atoms with E-state index in [4.69, 9.17) is 21.0 Å². The molecule has 33 heavy (non-hydrogen) atoms. The van der Waals surface area contributed by atoms with E-state index in [1.807, 2.05) is 85.8 Å². The van der Waals surface area contributed by atoms with Gasteiger partial charge in [-0.2, -0.15) is 0 Å². The molecule has 0 bridgehead atoms. The second-order valence-corrected chi connectivity index (χ2v) is 8.98. The fraction of sp³-hybridized carbons (Fsp3) is 0.115. The molecular weight excluding hydrogens is 454 g/mol. The quantitative estimate of drug-likeness (QED) is 0.212. The van der Waals surface area contributed by atoms with Crippen molar-refractivity contribution in [3.8, 4) is 11.5 Å². The molecule has 0 aliphatic carbocycles. The lowest BCUT2D eigenvalue weighted by atomic mass is 10.2. The number of aromatic nitrogens is 3. The van der Waals surface area contributed by atoms with Crippen LogP contribution in [0, 0.1) is 6.92 Å². The van der Waals surface area contributed by atoms with Crippen molar-refractivity contribution in [2.45, 2.75) is 24.4 Å². The van der Waals surface area contributed by atoms with E-state index < -0.39 is 0 Å². The van der Waals surface area contributed by atoms with Gasteiger partial charge < -0.3 is 4.42 Å². The van der Waals surface area contributed by atoms with E-state index in [2.05, 4.69) is 4.98 Å². The smallest absolute Gasteiger partial charge is 0.262 e. The number of oxazole rings is 1. The Morgan fingerprint density at radius 3 is 2.45 bits per heavy atom. The zero-order chi connectivity index (χ0) is 22.8. The summed E-state index contributed by atoms with van der Waals surface area (Å²) in [6.45, 7) is 2.31. The van der Waals surface area contributed by atoms with E-state index in [1.165, 1.54) is 11.8 Å². The first-order valence-corrected chi connectivity index (χ1v) is 11.8. The van der Waals surface area contributed by atoms with Crippen LogP contribution < -0.4 is 5.56 Å². The highest BCUT2D eigenvalue weighted by Crippen LogP contribution is 2.27. The summed E-state index contributed by atoms with van der Waals surface area (Å²) < 4.78 is 7.61. The molecule has 2 aromatic heterocycles. The number of hydrogen-bond acceptors (Lipinski definition) is 5. The zero-order valence-electron chi connectivity index (χ0n) is 17.9.